The van der Waals surface area contributed by atoms with Crippen LogP contribution in [-0.2, 0) is 19.5 Å². The summed E-state index contributed by atoms with van der Waals surface area (Å²) in [5.74, 6) is 1.60. The molecule has 10 heteroatoms. The van der Waals surface area contributed by atoms with E-state index in [9.17, 15) is 14.4 Å². The molecule has 6 rings (SSSR count). The highest BCUT2D eigenvalue weighted by Gasteiger charge is 2.29. The third kappa shape index (κ3) is 3.92. The minimum absolute atomic E-state index is 0.122. The predicted octanol–water partition coefficient (Wildman–Crippen LogP) is 3.22. The molecule has 0 atom stereocenters. The molecule has 1 aliphatic heterocycles. The van der Waals surface area contributed by atoms with Gasteiger partial charge in [-0.15, -0.1) is 10.2 Å². The molecule has 1 fully saturated rings. The van der Waals surface area contributed by atoms with E-state index in [4.69, 9.17) is 0 Å². The van der Waals surface area contributed by atoms with Crippen LogP contribution in [0.1, 0.15) is 66.8 Å². The maximum Gasteiger partial charge on any atom is 0.329 e. The molecule has 1 aliphatic carbocycles. The van der Waals surface area contributed by atoms with Crippen LogP contribution in [0, 0.1) is 0 Å². The Balaban J connectivity index is 1.39. The number of carbonyl (C=O) groups excluding carboxylic acids is 1. The quantitative estimate of drug-likeness (QED) is 0.447. The summed E-state index contributed by atoms with van der Waals surface area (Å²) < 4.78 is 3.56. The van der Waals surface area contributed by atoms with Crippen LogP contribution in [0.25, 0.3) is 22.4 Å². The fourth-order valence-corrected chi connectivity index (χ4v) is 4.99. The number of aromatic amines is 1. The van der Waals surface area contributed by atoms with Crippen molar-refractivity contribution in [3.63, 3.8) is 0 Å². The van der Waals surface area contributed by atoms with Gasteiger partial charge >= 0.3 is 5.69 Å². The lowest BCUT2D eigenvalue weighted by molar-refractivity contribution is 0.102. The number of aromatic nitrogens is 6. The summed E-state index contributed by atoms with van der Waals surface area (Å²) in [6.07, 6.45) is 6.24. The van der Waals surface area contributed by atoms with E-state index >= 15 is 0 Å². The molecule has 184 valence electrons. The summed E-state index contributed by atoms with van der Waals surface area (Å²) >= 11 is 0. The van der Waals surface area contributed by atoms with Gasteiger partial charge in [-0.3, -0.25) is 19.1 Å². The molecule has 0 saturated heterocycles. The van der Waals surface area contributed by atoms with Crippen LogP contribution in [0.3, 0.4) is 0 Å². The fraction of sp³-hybridized carbons (Fsp3) is 0.385. The molecule has 4 heterocycles. The minimum Gasteiger partial charge on any atom is -0.322 e. The number of aryl methyl sites for hydroxylation is 2. The molecule has 2 N–H and O–H groups in total. The maximum absolute atomic E-state index is 13.5. The molecule has 10 nitrogen and oxygen atoms in total. The number of H-pyrrole nitrogens is 1. The predicted molar refractivity (Wildman–Crippen MR) is 135 cm³/mol. The van der Waals surface area contributed by atoms with Crippen LogP contribution >= 0.6 is 0 Å². The number of carbonyl (C=O) groups is 1. The standard InChI is InChI=1S/C26H27N7O3/c1-2-32-23-21(25(35)29-26(32)36)18(14-19(28-23)15-10-11-15)24(34)27-17-8-6-7-16(13-17)22-31-30-20-9-4-3-5-12-33(20)22/h6-8,13-15H,2-5,9-12H2,1H3,(H,27,34)(H,29,35,36). The Morgan fingerprint density at radius 2 is 2.00 bits per heavy atom. The van der Waals surface area contributed by atoms with E-state index in [-0.39, 0.29) is 22.5 Å². The Bertz CT molecular complexity index is 1610. The van der Waals surface area contributed by atoms with Crippen LogP contribution in [0.2, 0.25) is 0 Å². The molecule has 2 aliphatic rings. The molecule has 36 heavy (non-hydrogen) atoms. The van der Waals surface area contributed by atoms with Crippen molar-refractivity contribution in [3.05, 3.63) is 68.3 Å². The first kappa shape index (κ1) is 22.4. The number of nitrogens with one attached hydrogen (secondary N) is 2. The minimum atomic E-state index is -0.611. The van der Waals surface area contributed by atoms with Crippen molar-refractivity contribution in [1.82, 2.24) is 29.3 Å². The summed E-state index contributed by atoms with van der Waals surface area (Å²) in [6.45, 7) is 3.02. The van der Waals surface area contributed by atoms with Gasteiger partial charge in [-0.05, 0) is 50.8 Å². The number of pyridine rings is 1. The number of hydrogen-bond acceptors (Lipinski definition) is 6. The Hall–Kier alpha value is -4.08. The monoisotopic (exact) mass is 485 g/mol. The molecule has 4 aromatic rings. The van der Waals surface area contributed by atoms with E-state index in [1.807, 2.05) is 18.2 Å². The zero-order valence-electron chi connectivity index (χ0n) is 20.1. The molecular formula is C26H27N7O3. The Kier molecular flexibility index (Phi) is 5.50. The van der Waals surface area contributed by atoms with Gasteiger partial charge in [0.05, 0.1) is 10.9 Å². The number of hydrogen-bond donors (Lipinski definition) is 2. The van der Waals surface area contributed by atoms with Crippen molar-refractivity contribution in [3.8, 4) is 11.4 Å². The Morgan fingerprint density at radius 3 is 2.81 bits per heavy atom. The lowest BCUT2D eigenvalue weighted by Gasteiger charge is -2.13. The average molecular weight is 486 g/mol. The van der Waals surface area contributed by atoms with Crippen molar-refractivity contribution >= 4 is 22.6 Å². The van der Waals surface area contributed by atoms with Crippen molar-refractivity contribution in [2.24, 2.45) is 0 Å². The van der Waals surface area contributed by atoms with Gasteiger partial charge < -0.3 is 9.88 Å². The van der Waals surface area contributed by atoms with Crippen molar-refractivity contribution in [2.45, 2.75) is 64.5 Å². The third-order valence-corrected chi connectivity index (χ3v) is 7.01. The smallest absolute Gasteiger partial charge is 0.322 e. The summed E-state index contributed by atoms with van der Waals surface area (Å²) in [6, 6.07) is 9.19. The second-order valence-corrected chi connectivity index (χ2v) is 9.51. The summed E-state index contributed by atoms with van der Waals surface area (Å²) in [4.78, 5) is 45.7. The SMILES string of the molecule is CCn1c(=O)[nH]c(=O)c2c(C(=O)Nc3cccc(-c4nnc5n4CCCCC5)c3)cc(C3CC3)nc21. The lowest BCUT2D eigenvalue weighted by Crippen LogP contribution is -2.32. The summed E-state index contributed by atoms with van der Waals surface area (Å²) in [5, 5.41) is 11.9. The van der Waals surface area contributed by atoms with Crippen molar-refractivity contribution in [1.29, 1.82) is 0 Å². The molecule has 0 spiro atoms. The third-order valence-electron chi connectivity index (χ3n) is 7.01. The number of nitrogens with zero attached hydrogens (tertiary/aromatic N) is 5. The number of benzene rings is 1. The van der Waals surface area contributed by atoms with Crippen molar-refractivity contribution in [2.75, 3.05) is 5.32 Å². The van der Waals surface area contributed by atoms with Gasteiger partial charge in [-0.25, -0.2) is 9.78 Å². The summed E-state index contributed by atoms with van der Waals surface area (Å²) in [7, 11) is 0. The number of anilines is 1. The highest BCUT2D eigenvalue weighted by Crippen LogP contribution is 2.40. The maximum atomic E-state index is 13.5. The first-order valence-electron chi connectivity index (χ1n) is 12.5. The first-order chi connectivity index (χ1) is 17.5. The van der Waals surface area contributed by atoms with Crippen LogP contribution < -0.4 is 16.6 Å². The largest absolute Gasteiger partial charge is 0.329 e. The van der Waals surface area contributed by atoms with E-state index in [2.05, 4.69) is 30.0 Å². The van der Waals surface area contributed by atoms with E-state index in [1.54, 1.807) is 19.1 Å². The van der Waals surface area contributed by atoms with Gasteiger partial charge in [0, 0.05) is 42.4 Å². The van der Waals surface area contributed by atoms with Crippen LogP contribution in [0.5, 0.6) is 0 Å². The zero-order valence-corrected chi connectivity index (χ0v) is 20.1. The number of rotatable bonds is 5. The van der Waals surface area contributed by atoms with Gasteiger partial charge in [-0.1, -0.05) is 18.6 Å². The summed E-state index contributed by atoms with van der Waals surface area (Å²) in [5.41, 5.74) is 1.51. The van der Waals surface area contributed by atoms with E-state index < -0.39 is 17.2 Å². The molecule has 1 saturated carbocycles. The fourth-order valence-electron chi connectivity index (χ4n) is 4.99. The van der Waals surface area contributed by atoms with Crippen molar-refractivity contribution < 1.29 is 4.79 Å². The van der Waals surface area contributed by atoms with Gasteiger partial charge in [0.25, 0.3) is 11.5 Å². The van der Waals surface area contributed by atoms with Crippen LogP contribution in [0.15, 0.2) is 39.9 Å². The molecule has 0 radical (unpaired) electrons. The second-order valence-electron chi connectivity index (χ2n) is 9.51. The van der Waals surface area contributed by atoms with Crippen LogP contribution in [-0.4, -0.2) is 35.2 Å². The molecule has 1 aromatic carbocycles. The molecule has 0 unspecified atom stereocenters. The zero-order chi connectivity index (χ0) is 24.8. The molecular weight excluding hydrogens is 458 g/mol. The number of amides is 1. The highest BCUT2D eigenvalue weighted by atomic mass is 16.2. The van der Waals surface area contributed by atoms with Gasteiger partial charge in [0.15, 0.2) is 11.5 Å². The normalized spacial score (nSPS) is 15.5. The van der Waals surface area contributed by atoms with E-state index in [1.165, 1.54) is 11.0 Å². The topological polar surface area (TPSA) is 128 Å². The first-order valence-corrected chi connectivity index (χ1v) is 12.5. The second kappa shape index (κ2) is 8.85. The average Bonchev–Trinajstić information content (AvgIpc) is 3.68. The molecule has 1 amide bonds. The molecule has 3 aromatic heterocycles. The van der Waals surface area contributed by atoms with Gasteiger partial charge in [-0.2, -0.15) is 0 Å². The molecule has 0 bridgehead atoms. The highest BCUT2D eigenvalue weighted by molar-refractivity contribution is 6.12. The van der Waals surface area contributed by atoms with Gasteiger partial charge in [0.1, 0.15) is 5.82 Å². The Morgan fingerprint density at radius 1 is 1.14 bits per heavy atom. The number of fused-ring (bicyclic) bond motifs is 2. The van der Waals surface area contributed by atoms with Crippen LogP contribution in [0.4, 0.5) is 5.69 Å². The lowest BCUT2D eigenvalue weighted by atomic mass is 10.1. The van der Waals surface area contributed by atoms with E-state index in [0.717, 1.165) is 61.6 Å². The van der Waals surface area contributed by atoms with Gasteiger partial charge in [0.2, 0.25) is 0 Å². The Labute approximate surface area is 206 Å². The van der Waals surface area contributed by atoms with E-state index in [0.29, 0.717) is 12.2 Å².